The van der Waals surface area contributed by atoms with Gasteiger partial charge in [0.15, 0.2) is 0 Å². The molecule has 0 amide bonds. The number of hydrogen-bond donors (Lipinski definition) is 0. The fourth-order valence-electron chi connectivity index (χ4n) is 2.35. The maximum atomic E-state index is 3.72. The molecule has 0 N–H and O–H groups in total. The SMILES string of the molecule is Brc1cc2c(c(Br)c1Br)-c1c(Br)c(Br)c(Br)c(Br)c1C2. The Balaban J connectivity index is 2.45. The highest BCUT2D eigenvalue weighted by Gasteiger charge is 2.30. The maximum absolute atomic E-state index is 3.72. The van der Waals surface area contributed by atoms with Crippen molar-refractivity contribution in [3.05, 3.63) is 48.5 Å². The molecule has 0 saturated heterocycles. The van der Waals surface area contributed by atoms with E-state index in [9.17, 15) is 0 Å². The molecular formula is C13H3Br7. The van der Waals surface area contributed by atoms with Crippen LogP contribution < -0.4 is 0 Å². The Kier molecular flexibility index (Phi) is 5.01. The van der Waals surface area contributed by atoms with Crippen LogP contribution in [0.25, 0.3) is 11.1 Å². The summed E-state index contributed by atoms with van der Waals surface area (Å²) in [5.74, 6) is 0. The zero-order chi connectivity index (χ0) is 14.8. The van der Waals surface area contributed by atoms with Gasteiger partial charge in [-0.3, -0.25) is 0 Å². The summed E-state index contributed by atoms with van der Waals surface area (Å²) in [5.41, 5.74) is 5.04. The zero-order valence-electron chi connectivity index (χ0n) is 9.43. The second-order valence-electron chi connectivity index (χ2n) is 4.31. The first kappa shape index (κ1) is 16.7. The van der Waals surface area contributed by atoms with E-state index < -0.39 is 0 Å². The third-order valence-corrected chi connectivity index (χ3v) is 11.4. The van der Waals surface area contributed by atoms with Gasteiger partial charge in [0, 0.05) is 42.4 Å². The van der Waals surface area contributed by atoms with Crippen molar-refractivity contribution in [1.29, 1.82) is 0 Å². The van der Waals surface area contributed by atoms with Gasteiger partial charge in [0.2, 0.25) is 0 Å². The van der Waals surface area contributed by atoms with E-state index in [4.69, 9.17) is 0 Å². The van der Waals surface area contributed by atoms with Crippen LogP contribution in [0.5, 0.6) is 0 Å². The van der Waals surface area contributed by atoms with Crippen molar-refractivity contribution in [2.24, 2.45) is 0 Å². The molecule has 3 rings (SSSR count). The van der Waals surface area contributed by atoms with Gasteiger partial charge in [-0.2, -0.15) is 0 Å². The molecule has 1 aliphatic carbocycles. The van der Waals surface area contributed by atoms with Gasteiger partial charge in [-0.05, 0) is 135 Å². The Hall–Kier alpha value is 1.80. The van der Waals surface area contributed by atoms with E-state index in [0.717, 1.165) is 37.7 Å². The molecule has 20 heavy (non-hydrogen) atoms. The highest BCUT2D eigenvalue weighted by Crippen LogP contribution is 2.54. The van der Waals surface area contributed by atoms with Crippen LogP contribution in [-0.2, 0) is 6.42 Å². The molecule has 2 aromatic rings. The molecule has 0 nitrogen and oxygen atoms in total. The largest absolute Gasteiger partial charge is 0.0496 e. The minimum atomic E-state index is 0.903. The highest BCUT2D eigenvalue weighted by molar-refractivity contribution is 9.15. The first-order valence-corrected chi connectivity index (χ1v) is 10.9. The van der Waals surface area contributed by atoms with Gasteiger partial charge >= 0.3 is 0 Å². The second-order valence-corrected chi connectivity index (χ2v) is 9.92. The molecule has 0 radical (unpaired) electrons. The molecule has 0 heterocycles. The van der Waals surface area contributed by atoms with Crippen LogP contribution >= 0.6 is 112 Å². The van der Waals surface area contributed by atoms with Crippen LogP contribution in [-0.4, -0.2) is 0 Å². The molecule has 0 atom stereocenters. The van der Waals surface area contributed by atoms with Crippen molar-refractivity contribution < 1.29 is 0 Å². The van der Waals surface area contributed by atoms with E-state index in [1.807, 2.05) is 0 Å². The van der Waals surface area contributed by atoms with Crippen molar-refractivity contribution in [1.82, 2.24) is 0 Å². The highest BCUT2D eigenvalue weighted by atomic mass is 79.9. The Morgan fingerprint density at radius 2 is 1.15 bits per heavy atom. The maximum Gasteiger partial charge on any atom is 0.0477 e. The van der Waals surface area contributed by atoms with Gasteiger partial charge < -0.3 is 0 Å². The van der Waals surface area contributed by atoms with Crippen molar-refractivity contribution in [2.45, 2.75) is 6.42 Å². The quantitative estimate of drug-likeness (QED) is 0.162. The number of benzene rings is 2. The van der Waals surface area contributed by atoms with Crippen LogP contribution in [0.15, 0.2) is 37.4 Å². The predicted octanol–water partition coefficient (Wildman–Crippen LogP) is 8.60. The summed E-state index contributed by atoms with van der Waals surface area (Å²) in [6.45, 7) is 0. The normalized spacial score (nSPS) is 12.6. The molecule has 0 aliphatic heterocycles. The van der Waals surface area contributed by atoms with Gasteiger partial charge in [-0.25, -0.2) is 0 Å². The van der Waals surface area contributed by atoms with E-state index in [1.165, 1.54) is 22.3 Å². The van der Waals surface area contributed by atoms with E-state index >= 15 is 0 Å². The Morgan fingerprint density at radius 3 is 1.80 bits per heavy atom. The Bertz CT molecular complexity index is 765. The molecule has 7 heteroatoms. The van der Waals surface area contributed by atoms with E-state index in [1.54, 1.807) is 0 Å². The summed E-state index contributed by atoms with van der Waals surface area (Å²) in [7, 11) is 0. The summed E-state index contributed by atoms with van der Waals surface area (Å²) in [4.78, 5) is 0. The average Bonchev–Trinajstić information content (AvgIpc) is 2.79. The van der Waals surface area contributed by atoms with Crippen molar-refractivity contribution in [3.8, 4) is 11.1 Å². The molecule has 2 aromatic carbocycles. The smallest absolute Gasteiger partial charge is 0.0477 e. The van der Waals surface area contributed by atoms with Gasteiger partial charge in [-0.1, -0.05) is 0 Å². The third kappa shape index (κ3) is 2.42. The topological polar surface area (TPSA) is 0 Å². The Labute approximate surface area is 175 Å². The summed E-state index contributed by atoms with van der Waals surface area (Å²) >= 11 is 25.6. The molecular weight excluding hydrogens is 715 g/mol. The summed E-state index contributed by atoms with van der Waals surface area (Å²) in [6, 6.07) is 2.17. The van der Waals surface area contributed by atoms with Gasteiger partial charge in [-0.15, -0.1) is 0 Å². The molecule has 0 fully saturated rings. The first-order chi connectivity index (χ1) is 9.34. The van der Waals surface area contributed by atoms with E-state index in [2.05, 4.69) is 118 Å². The van der Waals surface area contributed by atoms with Gasteiger partial charge in [0.25, 0.3) is 0 Å². The summed E-state index contributed by atoms with van der Waals surface area (Å²) in [6.07, 6.45) is 0.903. The summed E-state index contributed by atoms with van der Waals surface area (Å²) in [5, 5.41) is 0. The van der Waals surface area contributed by atoms with Crippen LogP contribution in [0.2, 0.25) is 0 Å². The van der Waals surface area contributed by atoms with Crippen LogP contribution in [0.4, 0.5) is 0 Å². The molecule has 0 spiro atoms. The fourth-order valence-corrected chi connectivity index (χ4v) is 6.61. The number of fused-ring (bicyclic) bond motifs is 3. The van der Waals surface area contributed by atoms with Gasteiger partial charge in [0.05, 0.1) is 0 Å². The standard InChI is InChI=1S/C13H3Br7/c14-5-2-3-1-4-7(6(3)10(17)9(5)16)11(18)13(20)12(19)8(4)15/h2H,1H2. The average molecular weight is 718 g/mol. The minimum absolute atomic E-state index is 0.903. The number of rotatable bonds is 0. The lowest BCUT2D eigenvalue weighted by Gasteiger charge is -2.13. The second kappa shape index (κ2) is 6.02. The lowest BCUT2D eigenvalue weighted by molar-refractivity contribution is 1.23. The van der Waals surface area contributed by atoms with Crippen molar-refractivity contribution >= 4 is 112 Å². The zero-order valence-corrected chi connectivity index (χ0v) is 20.5. The van der Waals surface area contributed by atoms with Crippen molar-refractivity contribution in [3.63, 3.8) is 0 Å². The van der Waals surface area contributed by atoms with Gasteiger partial charge in [0.1, 0.15) is 0 Å². The number of halogens is 7. The molecule has 0 unspecified atom stereocenters. The molecule has 104 valence electrons. The lowest BCUT2D eigenvalue weighted by Crippen LogP contribution is -1.88. The monoisotopic (exact) mass is 711 g/mol. The molecule has 0 aromatic heterocycles. The minimum Gasteiger partial charge on any atom is -0.0496 e. The van der Waals surface area contributed by atoms with Crippen LogP contribution in [0, 0.1) is 0 Å². The fraction of sp³-hybridized carbons (Fsp3) is 0.0769. The van der Waals surface area contributed by atoms with Crippen LogP contribution in [0.1, 0.15) is 11.1 Å². The molecule has 0 bridgehead atoms. The van der Waals surface area contributed by atoms with Crippen LogP contribution in [0.3, 0.4) is 0 Å². The third-order valence-electron chi connectivity index (χ3n) is 3.23. The first-order valence-electron chi connectivity index (χ1n) is 5.36. The van der Waals surface area contributed by atoms with E-state index in [0.29, 0.717) is 0 Å². The van der Waals surface area contributed by atoms with E-state index in [-0.39, 0.29) is 0 Å². The van der Waals surface area contributed by atoms with Crippen molar-refractivity contribution in [2.75, 3.05) is 0 Å². The molecule has 0 saturated carbocycles. The summed E-state index contributed by atoms with van der Waals surface area (Å²) < 4.78 is 7.37. The number of hydrogen-bond acceptors (Lipinski definition) is 0. The predicted molar refractivity (Wildman–Crippen MR) is 109 cm³/mol. The molecule has 1 aliphatic rings. The lowest BCUT2D eigenvalue weighted by atomic mass is 10.1. The Morgan fingerprint density at radius 1 is 0.600 bits per heavy atom.